The van der Waals surface area contributed by atoms with Gasteiger partial charge in [-0.1, -0.05) is 43.8 Å². The average Bonchev–Trinajstić information content (AvgIpc) is 2.75. The van der Waals surface area contributed by atoms with Gasteiger partial charge in [0.15, 0.2) is 0 Å². The smallest absolute Gasteiger partial charge is 0.110 e. The molecule has 19 heavy (non-hydrogen) atoms. The summed E-state index contributed by atoms with van der Waals surface area (Å²) in [5, 5.41) is 6.83. The highest BCUT2D eigenvalue weighted by molar-refractivity contribution is 8.14. The molecule has 2 N–H and O–H groups in total. The van der Waals surface area contributed by atoms with E-state index in [0.29, 0.717) is 0 Å². The highest BCUT2D eigenvalue weighted by atomic mass is 32.2. The minimum Gasteiger partial charge on any atom is -0.358 e. The molecule has 1 aliphatic heterocycles. The number of hydrogen-bond acceptors (Lipinski definition) is 4. The van der Waals surface area contributed by atoms with Crippen molar-refractivity contribution in [1.82, 2.24) is 5.32 Å². The van der Waals surface area contributed by atoms with Gasteiger partial charge in [0, 0.05) is 22.8 Å². The topological polar surface area (TPSA) is 24.1 Å². The fourth-order valence-electron chi connectivity index (χ4n) is 1.75. The second-order valence-electron chi connectivity index (χ2n) is 4.43. The van der Waals surface area contributed by atoms with Crippen LogP contribution in [0.4, 0.5) is 5.69 Å². The number of rotatable bonds is 2. The molecule has 1 saturated heterocycles. The molecule has 1 fully saturated rings. The van der Waals surface area contributed by atoms with Gasteiger partial charge in [0.05, 0.1) is 0 Å². The number of benzene rings is 1. The zero-order valence-corrected chi connectivity index (χ0v) is 14.1. The summed E-state index contributed by atoms with van der Waals surface area (Å²) in [4.78, 5) is 1.32. The van der Waals surface area contributed by atoms with Gasteiger partial charge in [0.2, 0.25) is 0 Å². The van der Waals surface area contributed by atoms with Crippen molar-refractivity contribution in [3.05, 3.63) is 40.4 Å². The van der Waals surface area contributed by atoms with Gasteiger partial charge in [-0.05, 0) is 32.4 Å². The zero-order valence-electron chi connectivity index (χ0n) is 12.4. The van der Waals surface area contributed by atoms with Crippen molar-refractivity contribution < 1.29 is 0 Å². The standard InChI is InChI=1S/C13H18N2S2.C2H6/c1-9-6-4-5-7-11(9)15-10(2)12-8-14-13(3,16)17-12;1-2/h4-7,14-16H,8H2,1-3H3;1-2H3/b12-10-;. The SMILES string of the molecule is C/C(Nc1ccccc1C)=C1\CNC(C)(S)S1.CC. The quantitative estimate of drug-likeness (QED) is 0.695. The molecule has 0 amide bonds. The van der Waals surface area contributed by atoms with E-state index in [9.17, 15) is 0 Å². The first-order chi connectivity index (χ1) is 8.98. The molecule has 0 spiro atoms. The maximum absolute atomic E-state index is 4.54. The lowest BCUT2D eigenvalue weighted by Crippen LogP contribution is -2.26. The minimum absolute atomic E-state index is 0.149. The molecule has 2 nitrogen and oxygen atoms in total. The molecule has 1 aromatic rings. The second-order valence-corrected chi connectivity index (χ2v) is 7.14. The highest BCUT2D eigenvalue weighted by Crippen LogP contribution is 2.39. The second kappa shape index (κ2) is 7.27. The summed E-state index contributed by atoms with van der Waals surface area (Å²) >= 11 is 6.31. The Kier molecular flexibility index (Phi) is 6.30. The zero-order chi connectivity index (χ0) is 14.5. The fraction of sp³-hybridized carbons (Fsp3) is 0.467. The summed E-state index contributed by atoms with van der Waals surface area (Å²) in [7, 11) is 0. The third-order valence-corrected chi connectivity index (χ3v) is 4.46. The summed E-state index contributed by atoms with van der Waals surface area (Å²) in [6.45, 7) is 11.2. The van der Waals surface area contributed by atoms with Crippen LogP contribution in [0, 0.1) is 6.92 Å². The van der Waals surface area contributed by atoms with Gasteiger partial charge in [-0.25, -0.2) is 0 Å². The third kappa shape index (κ3) is 4.79. The van der Waals surface area contributed by atoms with Gasteiger partial charge in [-0.2, -0.15) is 0 Å². The maximum atomic E-state index is 4.54. The number of anilines is 1. The minimum atomic E-state index is -0.149. The maximum Gasteiger partial charge on any atom is 0.110 e. The molecule has 1 atom stereocenters. The molecule has 0 bridgehead atoms. The number of allylic oxidation sites excluding steroid dienone is 1. The lowest BCUT2D eigenvalue weighted by molar-refractivity contribution is 0.732. The number of thiol groups is 1. The Morgan fingerprint density at radius 3 is 2.53 bits per heavy atom. The van der Waals surface area contributed by atoms with Crippen LogP contribution in [-0.2, 0) is 0 Å². The number of nitrogens with one attached hydrogen (secondary N) is 2. The first-order valence-electron chi connectivity index (χ1n) is 6.67. The predicted molar refractivity (Wildman–Crippen MR) is 91.8 cm³/mol. The molecule has 1 heterocycles. The van der Waals surface area contributed by atoms with Crippen molar-refractivity contribution in [3.8, 4) is 0 Å². The van der Waals surface area contributed by atoms with E-state index >= 15 is 0 Å². The Balaban J connectivity index is 0.000000861. The Morgan fingerprint density at radius 2 is 2.00 bits per heavy atom. The van der Waals surface area contributed by atoms with Crippen molar-refractivity contribution in [3.63, 3.8) is 0 Å². The molecule has 0 saturated carbocycles. The normalized spacial score (nSPS) is 24.5. The average molecular weight is 297 g/mol. The van der Waals surface area contributed by atoms with Gasteiger partial charge < -0.3 is 5.32 Å². The van der Waals surface area contributed by atoms with Crippen molar-refractivity contribution in [2.75, 3.05) is 11.9 Å². The van der Waals surface area contributed by atoms with E-state index in [2.05, 4.69) is 68.3 Å². The molecule has 0 aromatic heterocycles. The van der Waals surface area contributed by atoms with Gasteiger partial charge in [0.25, 0.3) is 0 Å². The summed E-state index contributed by atoms with van der Waals surface area (Å²) in [6, 6.07) is 8.32. The fourth-order valence-corrected chi connectivity index (χ4v) is 3.13. The summed E-state index contributed by atoms with van der Waals surface area (Å²) in [6.07, 6.45) is 0. The first-order valence-corrected chi connectivity index (χ1v) is 7.93. The van der Waals surface area contributed by atoms with E-state index in [1.165, 1.54) is 21.9 Å². The van der Waals surface area contributed by atoms with Crippen LogP contribution in [-0.4, -0.2) is 10.7 Å². The molecular formula is C15H24N2S2. The molecule has 106 valence electrons. The molecule has 0 aliphatic carbocycles. The first kappa shape index (κ1) is 16.5. The lowest BCUT2D eigenvalue weighted by Gasteiger charge is -2.14. The largest absolute Gasteiger partial charge is 0.358 e. The molecule has 1 unspecified atom stereocenters. The molecule has 2 rings (SSSR count). The van der Waals surface area contributed by atoms with Gasteiger partial charge >= 0.3 is 0 Å². The van der Waals surface area contributed by atoms with E-state index in [-0.39, 0.29) is 4.20 Å². The van der Waals surface area contributed by atoms with Crippen molar-refractivity contribution in [2.45, 2.75) is 38.8 Å². The Hall–Kier alpha value is -0.580. The lowest BCUT2D eigenvalue weighted by atomic mass is 10.2. The Bertz CT molecular complexity index is 453. The third-order valence-electron chi connectivity index (χ3n) is 2.78. The molecule has 1 aliphatic rings. The number of para-hydroxylation sites is 1. The monoisotopic (exact) mass is 296 g/mol. The van der Waals surface area contributed by atoms with Crippen molar-refractivity contribution >= 4 is 30.1 Å². The van der Waals surface area contributed by atoms with Crippen LogP contribution in [0.2, 0.25) is 0 Å². The summed E-state index contributed by atoms with van der Waals surface area (Å²) in [5.41, 5.74) is 3.64. The van der Waals surface area contributed by atoms with Crippen LogP contribution < -0.4 is 10.6 Å². The number of aryl methyl sites for hydroxylation is 1. The molecule has 4 heteroatoms. The number of hydrogen-bond donors (Lipinski definition) is 3. The number of thioether (sulfide) groups is 1. The van der Waals surface area contributed by atoms with Crippen LogP contribution in [0.5, 0.6) is 0 Å². The Labute approximate surface area is 126 Å². The van der Waals surface area contributed by atoms with E-state index in [4.69, 9.17) is 0 Å². The highest BCUT2D eigenvalue weighted by Gasteiger charge is 2.29. The van der Waals surface area contributed by atoms with Gasteiger partial charge in [-0.3, -0.25) is 5.32 Å². The van der Waals surface area contributed by atoms with Crippen LogP contribution in [0.15, 0.2) is 34.9 Å². The van der Waals surface area contributed by atoms with Gasteiger partial charge in [0.1, 0.15) is 4.20 Å². The summed E-state index contributed by atoms with van der Waals surface area (Å²) < 4.78 is -0.149. The summed E-state index contributed by atoms with van der Waals surface area (Å²) in [5.74, 6) is 0. The molecule has 1 aromatic carbocycles. The predicted octanol–water partition coefficient (Wildman–Crippen LogP) is 4.60. The van der Waals surface area contributed by atoms with Crippen LogP contribution in [0.3, 0.4) is 0 Å². The van der Waals surface area contributed by atoms with Crippen LogP contribution in [0.1, 0.15) is 33.3 Å². The van der Waals surface area contributed by atoms with E-state index in [1.807, 2.05) is 13.8 Å². The van der Waals surface area contributed by atoms with Crippen molar-refractivity contribution in [1.29, 1.82) is 0 Å². The van der Waals surface area contributed by atoms with Gasteiger partial charge in [-0.15, -0.1) is 12.6 Å². The molecule has 0 radical (unpaired) electrons. The van der Waals surface area contributed by atoms with E-state index in [0.717, 1.165) is 6.54 Å². The van der Waals surface area contributed by atoms with Crippen molar-refractivity contribution in [2.24, 2.45) is 0 Å². The van der Waals surface area contributed by atoms with Crippen LogP contribution >= 0.6 is 24.4 Å². The Morgan fingerprint density at radius 1 is 1.37 bits per heavy atom. The van der Waals surface area contributed by atoms with Crippen LogP contribution in [0.25, 0.3) is 0 Å². The van der Waals surface area contributed by atoms with E-state index < -0.39 is 0 Å². The molecular weight excluding hydrogens is 272 g/mol. The van der Waals surface area contributed by atoms with E-state index in [1.54, 1.807) is 11.8 Å².